The molecular weight excluding hydrogens is 380 g/mol. The van der Waals surface area contributed by atoms with Crippen molar-refractivity contribution in [3.63, 3.8) is 0 Å². The van der Waals surface area contributed by atoms with Crippen molar-refractivity contribution in [3.8, 4) is 5.88 Å². The van der Waals surface area contributed by atoms with Gasteiger partial charge in [0.25, 0.3) is 11.8 Å². The van der Waals surface area contributed by atoms with Crippen LogP contribution in [-0.2, 0) is 6.54 Å². The summed E-state index contributed by atoms with van der Waals surface area (Å²) >= 11 is 6.34. The Hall–Kier alpha value is -2.67. The molecule has 7 nitrogen and oxygen atoms in total. The number of pyridine rings is 2. The molecule has 2 aromatic heterocycles. The van der Waals surface area contributed by atoms with Gasteiger partial charge in [-0.2, -0.15) is 0 Å². The number of fused-ring (bicyclic) bond motifs is 1. The Morgan fingerprint density at radius 3 is 2.89 bits per heavy atom. The highest BCUT2D eigenvalue weighted by molar-refractivity contribution is 6.31. The molecule has 2 aliphatic rings. The number of amides is 2. The largest absolute Gasteiger partial charge is 0.476 e. The van der Waals surface area contributed by atoms with Crippen LogP contribution in [0.1, 0.15) is 57.8 Å². The van der Waals surface area contributed by atoms with Gasteiger partial charge >= 0.3 is 0 Å². The van der Waals surface area contributed by atoms with Crippen LogP contribution in [0.15, 0.2) is 24.5 Å². The quantitative estimate of drug-likeness (QED) is 0.805. The molecule has 2 amide bonds. The first-order valence-electron chi connectivity index (χ1n) is 9.28. The third-order valence-electron chi connectivity index (χ3n) is 5.25. The van der Waals surface area contributed by atoms with Gasteiger partial charge in [0.15, 0.2) is 0 Å². The van der Waals surface area contributed by atoms with E-state index in [0.717, 1.165) is 5.56 Å². The fourth-order valence-corrected chi connectivity index (χ4v) is 3.54. The van der Waals surface area contributed by atoms with Crippen LogP contribution in [0.5, 0.6) is 5.88 Å². The number of hydrogen-bond acceptors (Lipinski definition) is 5. The standard InChI is InChI=1S/C20H21ClN4O3/c1-11(13-7-16(21)19(24-8-13)28-10-12-3-4-12)25-9-15-14(20(25)27)5-6-23-17(15)18(26)22-2/h5-8,11-12H,3-4,9-10H2,1-2H3,(H,22,26). The van der Waals surface area contributed by atoms with Crippen molar-refractivity contribution in [2.75, 3.05) is 13.7 Å². The lowest BCUT2D eigenvalue weighted by Gasteiger charge is -2.24. The number of rotatable bonds is 6. The lowest BCUT2D eigenvalue weighted by Crippen LogP contribution is -2.27. The van der Waals surface area contributed by atoms with Gasteiger partial charge in [0.1, 0.15) is 10.7 Å². The van der Waals surface area contributed by atoms with E-state index in [1.807, 2.05) is 6.92 Å². The van der Waals surface area contributed by atoms with E-state index in [0.29, 0.717) is 41.1 Å². The molecule has 0 bridgehead atoms. The molecule has 1 fully saturated rings. The summed E-state index contributed by atoms with van der Waals surface area (Å²) in [5.74, 6) is 0.591. The molecule has 146 valence electrons. The van der Waals surface area contributed by atoms with Crippen LogP contribution >= 0.6 is 11.6 Å². The summed E-state index contributed by atoms with van der Waals surface area (Å²) in [5, 5.41) is 3.00. The van der Waals surface area contributed by atoms with Gasteiger partial charge < -0.3 is 15.0 Å². The Morgan fingerprint density at radius 1 is 1.43 bits per heavy atom. The van der Waals surface area contributed by atoms with E-state index in [-0.39, 0.29) is 23.6 Å². The van der Waals surface area contributed by atoms with Crippen LogP contribution in [0.2, 0.25) is 5.02 Å². The molecule has 28 heavy (non-hydrogen) atoms. The first kappa shape index (κ1) is 18.7. The highest BCUT2D eigenvalue weighted by Crippen LogP contribution is 2.35. The smallest absolute Gasteiger partial charge is 0.269 e. The SMILES string of the molecule is CNC(=O)c1nccc2c1CN(C(C)c1cnc(OCC3CC3)c(Cl)c1)C2=O. The van der Waals surface area contributed by atoms with Crippen molar-refractivity contribution >= 4 is 23.4 Å². The molecule has 1 N–H and O–H groups in total. The number of nitrogens with one attached hydrogen (secondary N) is 1. The zero-order valence-electron chi connectivity index (χ0n) is 15.7. The molecule has 1 atom stereocenters. The Balaban J connectivity index is 1.55. The lowest BCUT2D eigenvalue weighted by molar-refractivity contribution is 0.0714. The van der Waals surface area contributed by atoms with E-state index in [9.17, 15) is 9.59 Å². The Bertz CT molecular complexity index is 945. The molecule has 0 radical (unpaired) electrons. The summed E-state index contributed by atoms with van der Waals surface area (Å²) in [6, 6.07) is 3.17. The summed E-state index contributed by atoms with van der Waals surface area (Å²) < 4.78 is 5.67. The zero-order valence-corrected chi connectivity index (χ0v) is 16.5. The molecule has 1 aliphatic heterocycles. The van der Waals surface area contributed by atoms with Crippen molar-refractivity contribution in [1.82, 2.24) is 20.2 Å². The first-order valence-corrected chi connectivity index (χ1v) is 9.66. The van der Waals surface area contributed by atoms with Gasteiger partial charge in [-0.15, -0.1) is 0 Å². The summed E-state index contributed by atoms with van der Waals surface area (Å²) in [6.07, 6.45) is 5.56. The zero-order chi connectivity index (χ0) is 19.8. The predicted octanol–water partition coefficient (Wildman–Crippen LogP) is 3.00. The van der Waals surface area contributed by atoms with E-state index in [1.54, 1.807) is 30.3 Å². The molecule has 3 heterocycles. The number of carbonyl (C=O) groups is 2. The van der Waals surface area contributed by atoms with Gasteiger partial charge in [0, 0.05) is 37.1 Å². The first-order chi connectivity index (χ1) is 13.5. The summed E-state index contributed by atoms with van der Waals surface area (Å²) in [6.45, 7) is 2.86. The topological polar surface area (TPSA) is 84.4 Å². The molecule has 1 aliphatic carbocycles. The van der Waals surface area contributed by atoms with Gasteiger partial charge in [-0.05, 0) is 43.4 Å². The third-order valence-corrected chi connectivity index (χ3v) is 5.52. The minimum absolute atomic E-state index is 0.139. The van der Waals surface area contributed by atoms with Gasteiger partial charge in [0.2, 0.25) is 5.88 Å². The Morgan fingerprint density at radius 2 is 2.21 bits per heavy atom. The van der Waals surface area contributed by atoms with Crippen molar-refractivity contribution in [3.05, 3.63) is 51.9 Å². The highest BCUT2D eigenvalue weighted by atomic mass is 35.5. The van der Waals surface area contributed by atoms with Crippen molar-refractivity contribution < 1.29 is 14.3 Å². The van der Waals surface area contributed by atoms with Crippen molar-refractivity contribution in [1.29, 1.82) is 0 Å². The number of hydrogen-bond donors (Lipinski definition) is 1. The second kappa shape index (κ2) is 7.39. The van der Waals surface area contributed by atoms with Crippen LogP contribution in [0.25, 0.3) is 0 Å². The van der Waals surface area contributed by atoms with Crippen LogP contribution in [0, 0.1) is 5.92 Å². The fourth-order valence-electron chi connectivity index (χ4n) is 3.31. The molecule has 4 rings (SSSR count). The predicted molar refractivity (Wildman–Crippen MR) is 103 cm³/mol. The van der Waals surface area contributed by atoms with Crippen LogP contribution in [0.4, 0.5) is 0 Å². The molecular formula is C20H21ClN4O3. The van der Waals surface area contributed by atoms with Crippen LogP contribution < -0.4 is 10.1 Å². The van der Waals surface area contributed by atoms with Crippen LogP contribution in [-0.4, -0.2) is 40.3 Å². The van der Waals surface area contributed by atoms with Crippen molar-refractivity contribution in [2.24, 2.45) is 5.92 Å². The monoisotopic (exact) mass is 400 g/mol. The fraction of sp³-hybridized carbons (Fsp3) is 0.400. The number of nitrogens with zero attached hydrogens (tertiary/aromatic N) is 3. The summed E-state index contributed by atoms with van der Waals surface area (Å²) in [5.41, 5.74) is 2.23. The Labute approximate surface area is 168 Å². The van der Waals surface area contributed by atoms with E-state index in [1.165, 1.54) is 19.0 Å². The molecule has 0 spiro atoms. The average Bonchev–Trinajstić information content (AvgIpc) is 3.48. The number of ether oxygens (including phenoxy) is 1. The number of aromatic nitrogens is 2. The summed E-state index contributed by atoms with van der Waals surface area (Å²) in [4.78, 5) is 35.1. The maximum atomic E-state index is 12.9. The third kappa shape index (κ3) is 3.42. The molecule has 8 heteroatoms. The second-order valence-corrected chi connectivity index (χ2v) is 7.59. The molecule has 1 saturated carbocycles. The Kier molecular flexibility index (Phi) is 4.93. The molecule has 0 saturated heterocycles. The molecule has 1 unspecified atom stereocenters. The number of halogens is 1. The average molecular weight is 401 g/mol. The lowest BCUT2D eigenvalue weighted by atomic mass is 10.1. The normalized spacial score (nSPS) is 16.7. The van der Waals surface area contributed by atoms with Gasteiger partial charge in [-0.25, -0.2) is 4.98 Å². The van der Waals surface area contributed by atoms with E-state index in [2.05, 4.69) is 15.3 Å². The van der Waals surface area contributed by atoms with Gasteiger partial charge in [-0.1, -0.05) is 11.6 Å². The molecule has 0 aromatic carbocycles. The minimum Gasteiger partial charge on any atom is -0.476 e. The summed E-state index contributed by atoms with van der Waals surface area (Å²) in [7, 11) is 1.54. The maximum absolute atomic E-state index is 12.9. The van der Waals surface area contributed by atoms with E-state index < -0.39 is 0 Å². The van der Waals surface area contributed by atoms with Crippen molar-refractivity contribution in [2.45, 2.75) is 32.4 Å². The highest BCUT2D eigenvalue weighted by Gasteiger charge is 2.35. The van der Waals surface area contributed by atoms with E-state index >= 15 is 0 Å². The number of carbonyl (C=O) groups excluding carboxylic acids is 2. The minimum atomic E-state index is -0.305. The second-order valence-electron chi connectivity index (χ2n) is 7.18. The van der Waals surface area contributed by atoms with E-state index in [4.69, 9.17) is 16.3 Å². The van der Waals surface area contributed by atoms with Crippen LogP contribution in [0.3, 0.4) is 0 Å². The molecule has 2 aromatic rings. The maximum Gasteiger partial charge on any atom is 0.269 e. The van der Waals surface area contributed by atoms with Gasteiger partial charge in [-0.3, -0.25) is 14.6 Å². The van der Waals surface area contributed by atoms with Gasteiger partial charge in [0.05, 0.1) is 12.6 Å².